The van der Waals surface area contributed by atoms with Gasteiger partial charge in [-0.05, 0) is 49.6 Å². The Labute approximate surface area is 179 Å². The van der Waals surface area contributed by atoms with Crippen molar-refractivity contribution in [2.75, 3.05) is 13.1 Å². The third-order valence-corrected chi connectivity index (χ3v) is 5.51. The van der Waals surface area contributed by atoms with E-state index in [4.69, 9.17) is 11.6 Å². The second-order valence-corrected chi connectivity index (χ2v) is 7.82. The van der Waals surface area contributed by atoms with Crippen LogP contribution in [0.15, 0.2) is 54.7 Å². The largest absolute Gasteiger partial charge is 0.349 e. The van der Waals surface area contributed by atoms with E-state index in [0.29, 0.717) is 42.2 Å². The summed E-state index contributed by atoms with van der Waals surface area (Å²) in [5.74, 6) is -0.294. The van der Waals surface area contributed by atoms with E-state index in [9.17, 15) is 9.59 Å². The van der Waals surface area contributed by atoms with Crippen molar-refractivity contribution in [1.29, 1.82) is 0 Å². The molecule has 2 aromatic carbocycles. The summed E-state index contributed by atoms with van der Waals surface area (Å²) in [6.45, 7) is 3.09. The number of likely N-dealkylation sites (tertiary alicyclic amines) is 1. The zero-order valence-corrected chi connectivity index (χ0v) is 17.3. The summed E-state index contributed by atoms with van der Waals surface area (Å²) in [7, 11) is 0. The summed E-state index contributed by atoms with van der Waals surface area (Å²) in [5, 5.41) is 11.7. The van der Waals surface area contributed by atoms with Crippen molar-refractivity contribution in [3.8, 4) is 5.69 Å². The quantitative estimate of drug-likeness (QED) is 0.698. The molecule has 0 atom stereocenters. The number of aryl methyl sites for hydroxylation is 1. The lowest BCUT2D eigenvalue weighted by Crippen LogP contribution is -2.46. The number of carbonyl (C=O) groups excluding carboxylic acids is 2. The Morgan fingerprint density at radius 3 is 2.60 bits per heavy atom. The van der Waals surface area contributed by atoms with E-state index >= 15 is 0 Å². The smallest absolute Gasteiger partial charge is 0.276 e. The van der Waals surface area contributed by atoms with Crippen LogP contribution in [0.2, 0.25) is 5.02 Å². The molecule has 4 rings (SSSR count). The van der Waals surface area contributed by atoms with Gasteiger partial charge in [-0.3, -0.25) is 9.59 Å². The van der Waals surface area contributed by atoms with Crippen molar-refractivity contribution in [3.05, 3.63) is 76.6 Å². The van der Waals surface area contributed by atoms with Crippen LogP contribution in [0, 0.1) is 6.92 Å². The van der Waals surface area contributed by atoms with E-state index < -0.39 is 0 Å². The van der Waals surface area contributed by atoms with Gasteiger partial charge in [0.2, 0.25) is 0 Å². The lowest BCUT2D eigenvalue weighted by atomic mass is 10.0. The molecule has 0 bridgehead atoms. The molecule has 8 heteroatoms. The predicted octanol–water partition coefficient (Wildman–Crippen LogP) is 3.26. The van der Waals surface area contributed by atoms with Gasteiger partial charge >= 0.3 is 0 Å². The van der Waals surface area contributed by atoms with Crippen molar-refractivity contribution < 1.29 is 9.59 Å². The van der Waals surface area contributed by atoms with Gasteiger partial charge in [-0.1, -0.05) is 41.1 Å². The number of nitrogens with one attached hydrogen (secondary N) is 1. The molecule has 1 aliphatic rings. The fourth-order valence-electron chi connectivity index (χ4n) is 3.59. The summed E-state index contributed by atoms with van der Waals surface area (Å²) >= 11 is 5.96. The van der Waals surface area contributed by atoms with Crippen molar-refractivity contribution in [2.45, 2.75) is 25.8 Å². The van der Waals surface area contributed by atoms with Gasteiger partial charge in [0.25, 0.3) is 11.8 Å². The fourth-order valence-corrected chi connectivity index (χ4v) is 3.78. The first-order valence-electron chi connectivity index (χ1n) is 9.85. The predicted molar refractivity (Wildman–Crippen MR) is 114 cm³/mol. The average Bonchev–Trinajstić information content (AvgIpc) is 3.24. The molecule has 0 spiro atoms. The Morgan fingerprint density at radius 2 is 1.87 bits per heavy atom. The zero-order chi connectivity index (χ0) is 21.1. The Hall–Kier alpha value is -3.19. The van der Waals surface area contributed by atoms with E-state index in [0.717, 1.165) is 11.3 Å². The van der Waals surface area contributed by atoms with Gasteiger partial charge in [0.05, 0.1) is 11.9 Å². The highest BCUT2D eigenvalue weighted by molar-refractivity contribution is 6.30. The number of amides is 2. The molecule has 154 valence electrons. The highest BCUT2D eigenvalue weighted by Gasteiger charge is 2.26. The standard InChI is InChI=1S/C22H22ClN5O2/c1-15-5-2-3-8-20(15)28-14-19(25-26-28)22(30)27-11-9-18(10-12-27)24-21(29)16-6-4-7-17(23)13-16/h2-8,13-14,18H,9-12H2,1H3,(H,24,29). The lowest BCUT2D eigenvalue weighted by molar-refractivity contribution is 0.0692. The van der Waals surface area contributed by atoms with Crippen LogP contribution in [0.4, 0.5) is 0 Å². The number of benzene rings is 2. The summed E-state index contributed by atoms with van der Waals surface area (Å²) in [4.78, 5) is 27.0. The second-order valence-electron chi connectivity index (χ2n) is 7.39. The third kappa shape index (κ3) is 4.36. The fraction of sp³-hybridized carbons (Fsp3) is 0.273. The molecule has 1 fully saturated rings. The maximum Gasteiger partial charge on any atom is 0.276 e. The van der Waals surface area contributed by atoms with E-state index in [2.05, 4.69) is 15.6 Å². The minimum Gasteiger partial charge on any atom is -0.349 e. The van der Waals surface area contributed by atoms with Crippen molar-refractivity contribution >= 4 is 23.4 Å². The number of rotatable bonds is 4. The molecule has 7 nitrogen and oxygen atoms in total. The Bertz CT molecular complexity index is 1070. The summed E-state index contributed by atoms with van der Waals surface area (Å²) in [6, 6.07) is 14.7. The number of hydrogen-bond donors (Lipinski definition) is 1. The van der Waals surface area contributed by atoms with Gasteiger partial charge in [0.15, 0.2) is 5.69 Å². The first-order chi connectivity index (χ1) is 14.5. The van der Waals surface area contributed by atoms with Gasteiger partial charge in [-0.2, -0.15) is 0 Å². The molecule has 1 aromatic heterocycles. The van der Waals surface area contributed by atoms with E-state index in [1.807, 2.05) is 31.2 Å². The molecular formula is C22H22ClN5O2. The lowest BCUT2D eigenvalue weighted by Gasteiger charge is -2.31. The maximum absolute atomic E-state index is 12.8. The molecule has 3 aromatic rings. The molecule has 1 N–H and O–H groups in total. The van der Waals surface area contributed by atoms with Crippen LogP contribution in [-0.2, 0) is 0 Å². The van der Waals surface area contributed by atoms with Crippen LogP contribution >= 0.6 is 11.6 Å². The average molecular weight is 424 g/mol. The van der Waals surface area contributed by atoms with Crippen molar-refractivity contribution in [3.63, 3.8) is 0 Å². The molecule has 0 aliphatic carbocycles. The molecule has 1 aliphatic heterocycles. The van der Waals surface area contributed by atoms with E-state index in [1.165, 1.54) is 0 Å². The topological polar surface area (TPSA) is 80.1 Å². The van der Waals surface area contributed by atoms with Crippen LogP contribution in [0.1, 0.15) is 39.3 Å². The van der Waals surface area contributed by atoms with Gasteiger partial charge < -0.3 is 10.2 Å². The number of hydrogen-bond acceptors (Lipinski definition) is 4. The van der Waals surface area contributed by atoms with Crippen LogP contribution < -0.4 is 5.32 Å². The minimum atomic E-state index is -0.150. The van der Waals surface area contributed by atoms with Crippen LogP contribution in [-0.4, -0.2) is 50.8 Å². The molecular weight excluding hydrogens is 402 g/mol. The number of piperidine rings is 1. The maximum atomic E-state index is 12.8. The summed E-state index contributed by atoms with van der Waals surface area (Å²) < 4.78 is 1.63. The normalized spacial score (nSPS) is 14.5. The van der Waals surface area contributed by atoms with Gasteiger partial charge in [-0.25, -0.2) is 4.68 Å². The molecule has 2 amide bonds. The summed E-state index contributed by atoms with van der Waals surface area (Å²) in [6.07, 6.45) is 3.03. The first-order valence-corrected chi connectivity index (χ1v) is 10.2. The van der Waals surface area contributed by atoms with Gasteiger partial charge in [0, 0.05) is 29.7 Å². The highest BCUT2D eigenvalue weighted by Crippen LogP contribution is 2.17. The minimum absolute atomic E-state index is 0.0168. The van der Waals surface area contributed by atoms with E-state index in [-0.39, 0.29) is 17.9 Å². The molecule has 0 saturated carbocycles. The number of halogens is 1. The molecule has 1 saturated heterocycles. The first kappa shape index (κ1) is 20.1. The Morgan fingerprint density at radius 1 is 1.10 bits per heavy atom. The van der Waals surface area contributed by atoms with Crippen molar-refractivity contribution in [1.82, 2.24) is 25.2 Å². The molecule has 0 unspecified atom stereocenters. The molecule has 0 radical (unpaired) electrons. The SMILES string of the molecule is Cc1ccccc1-n1cc(C(=O)N2CCC(NC(=O)c3cccc(Cl)c3)CC2)nn1. The molecule has 30 heavy (non-hydrogen) atoms. The van der Waals surface area contributed by atoms with E-state index in [1.54, 1.807) is 40.0 Å². The Kier molecular flexibility index (Phi) is 5.81. The molecule has 2 heterocycles. The number of aromatic nitrogens is 3. The Balaban J connectivity index is 1.35. The van der Waals surface area contributed by atoms with Crippen LogP contribution in [0.3, 0.4) is 0 Å². The monoisotopic (exact) mass is 423 g/mol. The highest BCUT2D eigenvalue weighted by atomic mass is 35.5. The second kappa shape index (κ2) is 8.67. The van der Waals surface area contributed by atoms with Gasteiger partial charge in [0.1, 0.15) is 0 Å². The summed E-state index contributed by atoms with van der Waals surface area (Å²) in [5.41, 5.74) is 2.80. The third-order valence-electron chi connectivity index (χ3n) is 5.28. The van der Waals surface area contributed by atoms with Gasteiger partial charge in [-0.15, -0.1) is 5.10 Å². The zero-order valence-electron chi connectivity index (χ0n) is 16.6. The van der Waals surface area contributed by atoms with Crippen LogP contribution in [0.5, 0.6) is 0 Å². The number of nitrogens with zero attached hydrogens (tertiary/aromatic N) is 4. The number of para-hydroxylation sites is 1. The number of carbonyl (C=O) groups is 2. The van der Waals surface area contributed by atoms with Crippen molar-refractivity contribution in [2.24, 2.45) is 0 Å². The van der Waals surface area contributed by atoms with Crippen LogP contribution in [0.25, 0.3) is 5.69 Å².